The summed E-state index contributed by atoms with van der Waals surface area (Å²) in [4.78, 5) is 14.9. The first-order valence-electron chi connectivity index (χ1n) is 2.60. The fraction of sp³-hybridized carbons (Fsp3) is 0.600. The minimum Gasteiger partial charge on any atom is -0.391 e. The van der Waals surface area contributed by atoms with Crippen LogP contribution in [0.5, 0.6) is 0 Å². The van der Waals surface area contributed by atoms with Crippen LogP contribution in [0.2, 0.25) is 0 Å². The summed E-state index contributed by atoms with van der Waals surface area (Å²) in [6.45, 7) is 0. The number of aldehydes is 1. The molecule has 0 radical (unpaired) electrons. The third-order valence-electron chi connectivity index (χ3n) is 1.06. The molecule has 0 saturated heterocycles. The van der Waals surface area contributed by atoms with Crippen LogP contribution in [-0.2, 0) is 9.63 Å². The predicted molar refractivity (Wildman–Crippen MR) is 36.8 cm³/mol. The van der Waals surface area contributed by atoms with Crippen molar-refractivity contribution in [1.82, 2.24) is 0 Å². The van der Waals surface area contributed by atoms with Gasteiger partial charge in [-0.1, -0.05) is 21.1 Å². The number of rotatable bonds is 2. The number of carbonyl (C=O) groups is 1. The maximum atomic E-state index is 10.0. The second kappa shape index (κ2) is 2.96. The van der Waals surface area contributed by atoms with Crippen molar-refractivity contribution >= 4 is 27.9 Å². The maximum Gasteiger partial charge on any atom is 0.167 e. The molecule has 1 aliphatic rings. The van der Waals surface area contributed by atoms with Crippen LogP contribution in [0.4, 0.5) is 0 Å². The molecule has 0 aromatic carbocycles. The van der Waals surface area contributed by atoms with E-state index in [4.69, 9.17) is 4.84 Å². The summed E-state index contributed by atoms with van der Waals surface area (Å²) in [5, 5.41) is 4.26. The zero-order valence-electron chi connectivity index (χ0n) is 4.71. The molecule has 4 heteroatoms. The molecule has 1 aliphatic heterocycles. The molecule has 0 bridgehead atoms. The number of hydrogen-bond donors (Lipinski definition) is 0. The lowest BCUT2D eigenvalue weighted by Crippen LogP contribution is -2.08. The summed E-state index contributed by atoms with van der Waals surface area (Å²) >= 11 is 3.22. The predicted octanol–water partition coefficient (Wildman–Crippen LogP) is 0.725. The standard InChI is InChI=1S/C5H6BrNO2/c6-2-5-1-4(3-8)7-9-5/h3,5H,1-2H2. The molecule has 0 aromatic heterocycles. The van der Waals surface area contributed by atoms with Crippen LogP contribution in [0.1, 0.15) is 6.42 Å². The summed E-state index contributed by atoms with van der Waals surface area (Å²) < 4.78 is 0. The minimum atomic E-state index is 0.0604. The Morgan fingerprint density at radius 2 is 2.78 bits per heavy atom. The second-order valence-electron chi connectivity index (χ2n) is 1.79. The molecule has 1 unspecified atom stereocenters. The normalized spacial score (nSPS) is 25.0. The molecule has 1 rings (SSSR count). The Hall–Kier alpha value is -0.380. The van der Waals surface area contributed by atoms with Gasteiger partial charge >= 0.3 is 0 Å². The number of oxime groups is 1. The molecule has 0 N–H and O–H groups in total. The third-order valence-corrected chi connectivity index (χ3v) is 1.79. The van der Waals surface area contributed by atoms with Gasteiger partial charge in [0.2, 0.25) is 0 Å². The highest BCUT2D eigenvalue weighted by Crippen LogP contribution is 2.10. The number of hydrogen-bond acceptors (Lipinski definition) is 3. The van der Waals surface area contributed by atoms with Crippen molar-refractivity contribution in [3.05, 3.63) is 0 Å². The highest BCUT2D eigenvalue weighted by molar-refractivity contribution is 9.09. The van der Waals surface area contributed by atoms with Gasteiger partial charge in [0.05, 0.1) is 0 Å². The lowest BCUT2D eigenvalue weighted by Gasteiger charge is -1.98. The average molecular weight is 192 g/mol. The number of alkyl halides is 1. The molecule has 50 valence electrons. The summed E-state index contributed by atoms with van der Waals surface area (Å²) in [5.41, 5.74) is 0.499. The Morgan fingerprint density at radius 1 is 2.00 bits per heavy atom. The fourth-order valence-electron chi connectivity index (χ4n) is 0.602. The van der Waals surface area contributed by atoms with Gasteiger partial charge in [-0.15, -0.1) is 0 Å². The van der Waals surface area contributed by atoms with Crippen molar-refractivity contribution in [1.29, 1.82) is 0 Å². The Bertz CT molecular complexity index is 146. The van der Waals surface area contributed by atoms with Crippen molar-refractivity contribution < 1.29 is 9.63 Å². The molecule has 0 amide bonds. The quantitative estimate of drug-likeness (QED) is 0.477. The average Bonchev–Trinajstić information content (AvgIpc) is 2.34. The smallest absolute Gasteiger partial charge is 0.167 e. The molecule has 0 aromatic rings. The summed E-state index contributed by atoms with van der Waals surface area (Å²) in [6.07, 6.45) is 1.42. The highest BCUT2D eigenvalue weighted by Gasteiger charge is 2.18. The molecule has 9 heavy (non-hydrogen) atoms. The maximum absolute atomic E-state index is 10.0. The van der Waals surface area contributed by atoms with Gasteiger partial charge in [0, 0.05) is 11.8 Å². The van der Waals surface area contributed by atoms with E-state index in [0.717, 1.165) is 11.6 Å². The van der Waals surface area contributed by atoms with Gasteiger partial charge in [0.15, 0.2) is 6.29 Å². The van der Waals surface area contributed by atoms with Gasteiger partial charge in [-0.3, -0.25) is 4.79 Å². The van der Waals surface area contributed by atoms with E-state index in [-0.39, 0.29) is 6.10 Å². The lowest BCUT2D eigenvalue weighted by atomic mass is 10.2. The molecule has 0 spiro atoms. The van der Waals surface area contributed by atoms with Gasteiger partial charge in [0.25, 0.3) is 0 Å². The van der Waals surface area contributed by atoms with Crippen LogP contribution in [0.15, 0.2) is 5.16 Å². The van der Waals surface area contributed by atoms with E-state index in [2.05, 4.69) is 21.1 Å². The van der Waals surface area contributed by atoms with E-state index in [1.54, 1.807) is 0 Å². The van der Waals surface area contributed by atoms with Gasteiger partial charge in [-0.2, -0.15) is 0 Å². The van der Waals surface area contributed by atoms with Crippen LogP contribution in [0, 0.1) is 0 Å². The van der Waals surface area contributed by atoms with Crippen LogP contribution >= 0.6 is 15.9 Å². The first kappa shape index (κ1) is 6.74. The molecule has 0 fully saturated rings. The van der Waals surface area contributed by atoms with E-state index in [0.29, 0.717) is 12.1 Å². The zero-order valence-corrected chi connectivity index (χ0v) is 6.30. The van der Waals surface area contributed by atoms with Crippen molar-refractivity contribution in [3.63, 3.8) is 0 Å². The molecular formula is C5H6BrNO2. The lowest BCUT2D eigenvalue weighted by molar-refractivity contribution is -0.102. The van der Waals surface area contributed by atoms with Gasteiger partial charge < -0.3 is 4.84 Å². The highest BCUT2D eigenvalue weighted by atomic mass is 79.9. The van der Waals surface area contributed by atoms with Crippen molar-refractivity contribution in [2.24, 2.45) is 5.16 Å². The number of halogens is 1. The van der Waals surface area contributed by atoms with Gasteiger partial charge in [-0.25, -0.2) is 0 Å². The Labute approximate surface area is 61.2 Å². The first-order valence-corrected chi connectivity index (χ1v) is 3.73. The molecule has 1 atom stereocenters. The zero-order chi connectivity index (χ0) is 6.69. The van der Waals surface area contributed by atoms with Gasteiger partial charge in [-0.05, 0) is 0 Å². The van der Waals surface area contributed by atoms with Crippen molar-refractivity contribution in [2.75, 3.05) is 5.33 Å². The SMILES string of the molecule is O=CC1=NOC(CBr)C1. The van der Waals surface area contributed by atoms with E-state index < -0.39 is 0 Å². The van der Waals surface area contributed by atoms with E-state index >= 15 is 0 Å². The van der Waals surface area contributed by atoms with E-state index in [9.17, 15) is 4.79 Å². The largest absolute Gasteiger partial charge is 0.391 e. The number of nitrogens with zero attached hydrogens (tertiary/aromatic N) is 1. The van der Waals surface area contributed by atoms with Crippen LogP contribution < -0.4 is 0 Å². The van der Waals surface area contributed by atoms with Gasteiger partial charge in [0.1, 0.15) is 11.8 Å². The van der Waals surface area contributed by atoms with E-state index in [1.165, 1.54) is 0 Å². The molecule has 3 nitrogen and oxygen atoms in total. The van der Waals surface area contributed by atoms with Crippen molar-refractivity contribution in [3.8, 4) is 0 Å². The summed E-state index contributed by atoms with van der Waals surface area (Å²) in [6, 6.07) is 0. The summed E-state index contributed by atoms with van der Waals surface area (Å²) in [7, 11) is 0. The van der Waals surface area contributed by atoms with Crippen LogP contribution in [-0.4, -0.2) is 23.4 Å². The fourth-order valence-corrected chi connectivity index (χ4v) is 0.950. The first-order chi connectivity index (χ1) is 4.36. The third kappa shape index (κ3) is 1.51. The minimum absolute atomic E-state index is 0.0604. The topological polar surface area (TPSA) is 38.7 Å². The monoisotopic (exact) mass is 191 g/mol. The number of carbonyl (C=O) groups excluding carboxylic acids is 1. The van der Waals surface area contributed by atoms with E-state index in [1.807, 2.05) is 0 Å². The molecule has 0 saturated carbocycles. The second-order valence-corrected chi connectivity index (χ2v) is 2.43. The van der Waals surface area contributed by atoms with Crippen molar-refractivity contribution in [2.45, 2.75) is 12.5 Å². The van der Waals surface area contributed by atoms with Crippen LogP contribution in [0.25, 0.3) is 0 Å². The molecular weight excluding hydrogens is 186 g/mol. The Kier molecular flexibility index (Phi) is 2.22. The van der Waals surface area contributed by atoms with Crippen LogP contribution in [0.3, 0.4) is 0 Å². The Balaban J connectivity index is 2.39. The Morgan fingerprint density at radius 3 is 3.11 bits per heavy atom. The molecule has 1 heterocycles. The summed E-state index contributed by atoms with van der Waals surface area (Å²) in [5.74, 6) is 0. The molecule has 0 aliphatic carbocycles.